The van der Waals surface area contributed by atoms with Gasteiger partial charge in [-0.2, -0.15) is 0 Å². The molecule has 3 heteroatoms. The van der Waals surface area contributed by atoms with E-state index >= 15 is 0 Å². The minimum atomic E-state index is 0.0681. The van der Waals surface area contributed by atoms with E-state index in [4.69, 9.17) is 16.3 Å². The van der Waals surface area contributed by atoms with Gasteiger partial charge in [-0.05, 0) is 39.3 Å². The van der Waals surface area contributed by atoms with Crippen molar-refractivity contribution in [1.29, 1.82) is 0 Å². The Balaban J connectivity index is 2.66. The van der Waals surface area contributed by atoms with Crippen LogP contribution >= 0.6 is 11.6 Å². The lowest BCUT2D eigenvalue weighted by atomic mass is 10.1. The van der Waals surface area contributed by atoms with Crippen molar-refractivity contribution in [2.75, 3.05) is 6.61 Å². The fraction of sp³-hybridized carbons (Fsp3) is 0.625. The summed E-state index contributed by atoms with van der Waals surface area (Å²) in [4.78, 5) is 0. The third-order valence-electron chi connectivity index (χ3n) is 2.88. The van der Waals surface area contributed by atoms with Gasteiger partial charge >= 0.3 is 0 Å². The zero-order chi connectivity index (χ0) is 14.3. The summed E-state index contributed by atoms with van der Waals surface area (Å²) in [6.07, 6.45) is 3.50. The summed E-state index contributed by atoms with van der Waals surface area (Å²) >= 11 is 6.28. The third kappa shape index (κ3) is 6.31. The number of unbranched alkanes of at least 4 members (excludes halogenated alkanes) is 2. The van der Waals surface area contributed by atoms with E-state index in [1.807, 2.05) is 18.2 Å². The second kappa shape index (κ2) is 7.76. The van der Waals surface area contributed by atoms with E-state index in [2.05, 4.69) is 33.0 Å². The Morgan fingerprint density at radius 3 is 2.58 bits per heavy atom. The topological polar surface area (TPSA) is 21.3 Å². The van der Waals surface area contributed by atoms with Crippen molar-refractivity contribution in [3.63, 3.8) is 0 Å². The van der Waals surface area contributed by atoms with Crippen LogP contribution in [0, 0.1) is 0 Å². The molecule has 0 atom stereocenters. The molecule has 1 N–H and O–H groups in total. The average molecular weight is 284 g/mol. The molecule has 0 aliphatic rings. The second-order valence-corrected chi connectivity index (χ2v) is 6.28. The van der Waals surface area contributed by atoms with Crippen LogP contribution < -0.4 is 10.1 Å². The van der Waals surface area contributed by atoms with Crippen LogP contribution in [0.1, 0.15) is 52.5 Å². The van der Waals surface area contributed by atoms with Crippen LogP contribution in [0.4, 0.5) is 0 Å². The second-order valence-electron chi connectivity index (χ2n) is 5.88. The molecule has 0 aliphatic carbocycles. The van der Waals surface area contributed by atoms with E-state index in [1.54, 1.807) is 0 Å². The van der Waals surface area contributed by atoms with Crippen molar-refractivity contribution in [2.45, 2.75) is 59.0 Å². The van der Waals surface area contributed by atoms with Crippen molar-refractivity contribution in [1.82, 2.24) is 5.32 Å². The van der Waals surface area contributed by atoms with Gasteiger partial charge < -0.3 is 10.1 Å². The van der Waals surface area contributed by atoms with E-state index in [0.29, 0.717) is 0 Å². The van der Waals surface area contributed by atoms with Gasteiger partial charge in [0.1, 0.15) is 5.75 Å². The van der Waals surface area contributed by atoms with Crippen molar-refractivity contribution in [3.05, 3.63) is 28.8 Å². The molecule has 19 heavy (non-hydrogen) atoms. The largest absolute Gasteiger partial charge is 0.493 e. The number of hydrogen-bond acceptors (Lipinski definition) is 2. The number of nitrogens with one attached hydrogen (secondary N) is 1. The Morgan fingerprint density at radius 1 is 1.21 bits per heavy atom. The Morgan fingerprint density at radius 2 is 1.95 bits per heavy atom. The van der Waals surface area contributed by atoms with E-state index < -0.39 is 0 Å². The summed E-state index contributed by atoms with van der Waals surface area (Å²) in [5.41, 5.74) is 1.12. The van der Waals surface area contributed by atoms with E-state index in [1.165, 1.54) is 12.8 Å². The summed E-state index contributed by atoms with van der Waals surface area (Å²) in [7, 11) is 0. The quantitative estimate of drug-likeness (QED) is 0.726. The highest BCUT2D eigenvalue weighted by molar-refractivity contribution is 6.31. The number of ether oxygens (including phenoxy) is 1. The maximum Gasteiger partial charge on any atom is 0.125 e. The zero-order valence-corrected chi connectivity index (χ0v) is 13.3. The molecule has 0 unspecified atom stereocenters. The van der Waals surface area contributed by atoms with Gasteiger partial charge in [-0.3, -0.25) is 0 Å². The minimum Gasteiger partial charge on any atom is -0.493 e. The molecule has 0 fully saturated rings. The standard InChI is InChI=1S/C16H26ClNO/c1-5-6-7-11-19-15-10-8-9-14(17)13(15)12-18-16(2,3)4/h8-10,18H,5-7,11-12H2,1-4H3. The van der Waals surface area contributed by atoms with Crippen LogP contribution in [0.15, 0.2) is 18.2 Å². The Kier molecular flexibility index (Phi) is 6.67. The predicted molar refractivity (Wildman–Crippen MR) is 83.1 cm³/mol. The third-order valence-corrected chi connectivity index (χ3v) is 3.23. The van der Waals surface area contributed by atoms with Crippen LogP contribution in [-0.2, 0) is 6.54 Å². The molecule has 0 bridgehead atoms. The molecule has 1 aromatic rings. The number of benzene rings is 1. The molecular weight excluding hydrogens is 258 g/mol. The maximum atomic E-state index is 6.28. The van der Waals surface area contributed by atoms with Gasteiger partial charge in [0.15, 0.2) is 0 Å². The van der Waals surface area contributed by atoms with Crippen LogP contribution in [-0.4, -0.2) is 12.1 Å². The van der Waals surface area contributed by atoms with Gasteiger partial charge in [0.05, 0.1) is 6.61 Å². The first-order chi connectivity index (χ1) is 8.94. The molecule has 0 heterocycles. The first-order valence-electron chi connectivity index (χ1n) is 7.09. The fourth-order valence-corrected chi connectivity index (χ4v) is 1.97. The smallest absolute Gasteiger partial charge is 0.125 e. The van der Waals surface area contributed by atoms with Crippen LogP contribution in [0.3, 0.4) is 0 Å². The van der Waals surface area contributed by atoms with Crippen molar-refractivity contribution in [3.8, 4) is 5.75 Å². The monoisotopic (exact) mass is 283 g/mol. The fourth-order valence-electron chi connectivity index (χ4n) is 1.73. The average Bonchev–Trinajstić information content (AvgIpc) is 2.32. The summed E-state index contributed by atoms with van der Waals surface area (Å²) in [6, 6.07) is 5.86. The Hall–Kier alpha value is -0.730. The number of halogens is 1. The number of rotatable bonds is 7. The molecule has 2 nitrogen and oxygen atoms in total. The lowest BCUT2D eigenvalue weighted by Gasteiger charge is -2.22. The summed E-state index contributed by atoms with van der Waals surface area (Å²) in [5.74, 6) is 0.903. The van der Waals surface area contributed by atoms with Gasteiger partial charge in [-0.1, -0.05) is 37.4 Å². The molecule has 0 saturated carbocycles. The van der Waals surface area contributed by atoms with Crippen LogP contribution in [0.2, 0.25) is 5.02 Å². The molecule has 108 valence electrons. The maximum absolute atomic E-state index is 6.28. The van der Waals surface area contributed by atoms with Gasteiger partial charge in [0.2, 0.25) is 0 Å². The SMILES string of the molecule is CCCCCOc1cccc(Cl)c1CNC(C)(C)C. The van der Waals surface area contributed by atoms with E-state index in [-0.39, 0.29) is 5.54 Å². The van der Waals surface area contributed by atoms with E-state index in [9.17, 15) is 0 Å². The predicted octanol–water partition coefficient (Wildman–Crippen LogP) is 4.80. The summed E-state index contributed by atoms with van der Waals surface area (Å²) < 4.78 is 5.86. The molecule has 0 saturated heterocycles. The van der Waals surface area contributed by atoms with E-state index in [0.717, 1.165) is 35.9 Å². The lowest BCUT2D eigenvalue weighted by Crippen LogP contribution is -2.35. The molecule has 1 rings (SSSR count). The highest BCUT2D eigenvalue weighted by atomic mass is 35.5. The van der Waals surface area contributed by atoms with Gasteiger partial charge in [-0.15, -0.1) is 0 Å². The van der Waals surface area contributed by atoms with Gasteiger partial charge in [0.25, 0.3) is 0 Å². The van der Waals surface area contributed by atoms with Crippen molar-refractivity contribution < 1.29 is 4.74 Å². The van der Waals surface area contributed by atoms with Crippen LogP contribution in [0.25, 0.3) is 0 Å². The minimum absolute atomic E-state index is 0.0681. The first-order valence-corrected chi connectivity index (χ1v) is 7.47. The highest BCUT2D eigenvalue weighted by Crippen LogP contribution is 2.27. The molecule has 0 aromatic heterocycles. The first kappa shape index (κ1) is 16.3. The Labute approximate surface area is 122 Å². The summed E-state index contributed by atoms with van der Waals surface area (Å²) in [6.45, 7) is 10.1. The molecule has 1 aromatic carbocycles. The van der Waals surface area contributed by atoms with Crippen LogP contribution in [0.5, 0.6) is 5.75 Å². The molecule has 0 aliphatic heterocycles. The zero-order valence-electron chi connectivity index (χ0n) is 12.6. The highest BCUT2D eigenvalue weighted by Gasteiger charge is 2.13. The van der Waals surface area contributed by atoms with Crippen molar-refractivity contribution >= 4 is 11.6 Å². The van der Waals surface area contributed by atoms with Crippen molar-refractivity contribution in [2.24, 2.45) is 0 Å². The normalized spacial score (nSPS) is 11.6. The lowest BCUT2D eigenvalue weighted by molar-refractivity contribution is 0.300. The molecular formula is C16H26ClNO. The molecule has 0 amide bonds. The molecule has 0 radical (unpaired) electrons. The Bertz CT molecular complexity index is 385. The van der Waals surface area contributed by atoms with Gasteiger partial charge in [0, 0.05) is 22.7 Å². The summed E-state index contributed by atoms with van der Waals surface area (Å²) in [5, 5.41) is 4.22. The molecule has 0 spiro atoms. The van der Waals surface area contributed by atoms with Gasteiger partial charge in [-0.25, -0.2) is 0 Å². The number of hydrogen-bond donors (Lipinski definition) is 1.